The summed E-state index contributed by atoms with van der Waals surface area (Å²) in [6, 6.07) is 19.0. The van der Waals surface area contributed by atoms with Gasteiger partial charge >= 0.3 is 5.97 Å². The Kier molecular flexibility index (Phi) is 7.27. The minimum atomic E-state index is -0.627. The fourth-order valence-corrected chi connectivity index (χ4v) is 3.30. The molecule has 1 atom stereocenters. The van der Waals surface area contributed by atoms with Crippen LogP contribution in [0.1, 0.15) is 24.1 Å². The van der Waals surface area contributed by atoms with Crippen molar-refractivity contribution in [2.24, 2.45) is 0 Å². The number of methoxy groups -OCH3 is 2. The van der Waals surface area contributed by atoms with E-state index in [-0.39, 0.29) is 18.6 Å². The Labute approximate surface area is 181 Å². The highest BCUT2D eigenvalue weighted by molar-refractivity contribution is 5.90. The van der Waals surface area contributed by atoms with Crippen molar-refractivity contribution < 1.29 is 23.8 Å². The van der Waals surface area contributed by atoms with Gasteiger partial charge in [0.1, 0.15) is 11.5 Å². The Morgan fingerprint density at radius 2 is 1.77 bits per heavy atom. The van der Waals surface area contributed by atoms with E-state index in [2.05, 4.69) is 5.32 Å². The van der Waals surface area contributed by atoms with E-state index >= 15 is 0 Å². The molecule has 0 spiro atoms. The standard InChI is InChI=1S/C25H25NO5/c1-17(21-10-6-8-18-7-4-5-9-22(18)21)26-24(27)16-31-25(28)14-11-19-15-20(29-2)12-13-23(19)30-3/h4-15,17H,16H2,1-3H3,(H,26,27)/b14-11+/t17-/m1/s1. The van der Waals surface area contributed by atoms with E-state index in [1.165, 1.54) is 6.08 Å². The number of benzene rings is 3. The largest absolute Gasteiger partial charge is 0.497 e. The molecule has 0 aliphatic heterocycles. The summed E-state index contributed by atoms with van der Waals surface area (Å²) >= 11 is 0. The van der Waals surface area contributed by atoms with Crippen LogP contribution >= 0.6 is 0 Å². The van der Waals surface area contributed by atoms with Crippen molar-refractivity contribution in [3.05, 3.63) is 77.9 Å². The highest BCUT2D eigenvalue weighted by Crippen LogP contribution is 2.25. The third-order valence-corrected chi connectivity index (χ3v) is 4.85. The second-order valence-electron chi connectivity index (χ2n) is 6.91. The van der Waals surface area contributed by atoms with Crippen LogP contribution in [0.25, 0.3) is 16.8 Å². The van der Waals surface area contributed by atoms with Gasteiger partial charge in [-0.3, -0.25) is 4.79 Å². The van der Waals surface area contributed by atoms with Crippen molar-refractivity contribution >= 4 is 28.7 Å². The Morgan fingerprint density at radius 3 is 2.55 bits per heavy atom. The molecule has 1 N–H and O–H groups in total. The van der Waals surface area contributed by atoms with Gasteiger partial charge in [-0.1, -0.05) is 42.5 Å². The third-order valence-electron chi connectivity index (χ3n) is 4.85. The quantitative estimate of drug-likeness (QED) is 0.436. The van der Waals surface area contributed by atoms with Gasteiger partial charge < -0.3 is 19.5 Å². The van der Waals surface area contributed by atoms with Crippen LogP contribution in [0.3, 0.4) is 0 Å². The zero-order valence-electron chi connectivity index (χ0n) is 17.8. The molecule has 0 saturated carbocycles. The van der Waals surface area contributed by atoms with Gasteiger partial charge in [0.15, 0.2) is 6.61 Å². The fraction of sp³-hybridized carbons (Fsp3) is 0.200. The number of nitrogens with one attached hydrogen (secondary N) is 1. The minimum Gasteiger partial charge on any atom is -0.497 e. The van der Waals surface area contributed by atoms with Crippen LogP contribution in [0.2, 0.25) is 0 Å². The van der Waals surface area contributed by atoms with E-state index in [0.29, 0.717) is 17.1 Å². The molecule has 1 amide bonds. The summed E-state index contributed by atoms with van der Waals surface area (Å²) in [5.41, 5.74) is 1.66. The van der Waals surface area contributed by atoms with Crippen LogP contribution in [0, 0.1) is 0 Å². The van der Waals surface area contributed by atoms with Crippen LogP contribution in [-0.4, -0.2) is 32.7 Å². The number of carbonyl (C=O) groups excluding carboxylic acids is 2. The van der Waals surface area contributed by atoms with Crippen molar-refractivity contribution in [2.75, 3.05) is 20.8 Å². The number of hydrogen-bond acceptors (Lipinski definition) is 5. The summed E-state index contributed by atoms with van der Waals surface area (Å²) in [7, 11) is 3.10. The molecule has 160 valence electrons. The number of fused-ring (bicyclic) bond motifs is 1. The molecule has 31 heavy (non-hydrogen) atoms. The van der Waals surface area contributed by atoms with E-state index in [0.717, 1.165) is 16.3 Å². The van der Waals surface area contributed by atoms with Crippen LogP contribution in [-0.2, 0) is 14.3 Å². The molecule has 0 aromatic heterocycles. The van der Waals surface area contributed by atoms with Gasteiger partial charge in [0.05, 0.1) is 20.3 Å². The van der Waals surface area contributed by atoms with Crippen LogP contribution in [0.15, 0.2) is 66.7 Å². The van der Waals surface area contributed by atoms with Crippen LogP contribution in [0.5, 0.6) is 11.5 Å². The van der Waals surface area contributed by atoms with Gasteiger partial charge in [-0.15, -0.1) is 0 Å². The van der Waals surface area contributed by atoms with Crippen molar-refractivity contribution in [3.63, 3.8) is 0 Å². The second-order valence-corrected chi connectivity index (χ2v) is 6.91. The van der Waals surface area contributed by atoms with E-state index < -0.39 is 5.97 Å². The Bertz CT molecular complexity index is 1100. The number of ether oxygens (including phenoxy) is 3. The molecule has 0 heterocycles. The van der Waals surface area contributed by atoms with Crippen molar-refractivity contribution in [1.29, 1.82) is 0 Å². The molecular weight excluding hydrogens is 394 g/mol. The lowest BCUT2D eigenvalue weighted by Gasteiger charge is -2.16. The molecule has 0 bridgehead atoms. The summed E-state index contributed by atoms with van der Waals surface area (Å²) in [5, 5.41) is 5.05. The Hall–Kier alpha value is -3.80. The van der Waals surface area contributed by atoms with Gasteiger partial charge in [-0.05, 0) is 47.5 Å². The second kappa shape index (κ2) is 10.3. The predicted molar refractivity (Wildman–Crippen MR) is 120 cm³/mol. The van der Waals surface area contributed by atoms with Gasteiger partial charge in [-0.25, -0.2) is 4.79 Å². The maximum Gasteiger partial charge on any atom is 0.331 e. The van der Waals surface area contributed by atoms with Gasteiger partial charge in [0, 0.05) is 11.6 Å². The smallest absolute Gasteiger partial charge is 0.331 e. The molecule has 3 aromatic rings. The first-order chi connectivity index (χ1) is 15.0. The zero-order valence-corrected chi connectivity index (χ0v) is 17.8. The summed E-state index contributed by atoms with van der Waals surface area (Å²) < 4.78 is 15.5. The van der Waals surface area contributed by atoms with Crippen molar-refractivity contribution in [2.45, 2.75) is 13.0 Å². The Morgan fingerprint density at radius 1 is 1.00 bits per heavy atom. The first-order valence-corrected chi connectivity index (χ1v) is 9.85. The molecular formula is C25H25NO5. The topological polar surface area (TPSA) is 73.9 Å². The maximum atomic E-state index is 12.3. The number of esters is 1. The van der Waals surface area contributed by atoms with E-state index in [1.54, 1.807) is 38.5 Å². The van der Waals surface area contributed by atoms with Crippen molar-refractivity contribution in [3.8, 4) is 11.5 Å². The zero-order chi connectivity index (χ0) is 22.2. The van der Waals surface area contributed by atoms with E-state index in [4.69, 9.17) is 14.2 Å². The molecule has 3 rings (SSSR count). The molecule has 6 nitrogen and oxygen atoms in total. The number of hydrogen-bond donors (Lipinski definition) is 1. The monoisotopic (exact) mass is 419 g/mol. The first-order valence-electron chi connectivity index (χ1n) is 9.85. The normalized spacial score (nSPS) is 11.8. The van der Waals surface area contributed by atoms with E-state index in [1.807, 2.05) is 49.4 Å². The lowest BCUT2D eigenvalue weighted by Crippen LogP contribution is -2.31. The van der Waals surface area contributed by atoms with E-state index in [9.17, 15) is 9.59 Å². The highest BCUT2D eigenvalue weighted by atomic mass is 16.5. The molecule has 0 aliphatic carbocycles. The summed E-state index contributed by atoms with van der Waals surface area (Å²) in [6.07, 6.45) is 2.80. The molecule has 3 aromatic carbocycles. The minimum absolute atomic E-state index is 0.228. The molecule has 0 radical (unpaired) electrons. The fourth-order valence-electron chi connectivity index (χ4n) is 3.30. The summed E-state index contributed by atoms with van der Waals surface area (Å²) in [5.74, 6) is 0.223. The Balaban J connectivity index is 1.57. The first kappa shape index (κ1) is 21.9. The predicted octanol–water partition coefficient (Wildman–Crippen LogP) is 4.29. The molecule has 0 aliphatic rings. The summed E-state index contributed by atoms with van der Waals surface area (Å²) in [6.45, 7) is 1.53. The molecule has 0 fully saturated rings. The number of amides is 1. The average Bonchev–Trinajstić information content (AvgIpc) is 2.80. The average molecular weight is 419 g/mol. The summed E-state index contributed by atoms with van der Waals surface area (Å²) in [4.78, 5) is 24.3. The molecule has 6 heteroatoms. The maximum absolute atomic E-state index is 12.3. The van der Waals surface area contributed by atoms with Gasteiger partial charge in [0.25, 0.3) is 5.91 Å². The number of carbonyl (C=O) groups is 2. The van der Waals surface area contributed by atoms with Crippen LogP contribution in [0.4, 0.5) is 0 Å². The third kappa shape index (κ3) is 5.63. The molecule has 0 saturated heterocycles. The molecule has 0 unspecified atom stereocenters. The van der Waals surface area contributed by atoms with Gasteiger partial charge in [0.2, 0.25) is 0 Å². The lowest BCUT2D eigenvalue weighted by atomic mass is 10.00. The number of rotatable bonds is 8. The lowest BCUT2D eigenvalue weighted by molar-refractivity contribution is -0.144. The highest BCUT2D eigenvalue weighted by Gasteiger charge is 2.13. The van der Waals surface area contributed by atoms with Gasteiger partial charge in [-0.2, -0.15) is 0 Å². The van der Waals surface area contributed by atoms with Crippen LogP contribution < -0.4 is 14.8 Å². The SMILES string of the molecule is COc1ccc(OC)c(/C=C/C(=O)OCC(=O)N[C@H](C)c2cccc3ccccc23)c1. The van der Waals surface area contributed by atoms with Crippen molar-refractivity contribution in [1.82, 2.24) is 5.32 Å².